The van der Waals surface area contributed by atoms with E-state index in [1.54, 1.807) is 0 Å². The molecule has 3 atom stereocenters. The number of hydrogen-bond acceptors (Lipinski definition) is 4. The van der Waals surface area contributed by atoms with Crippen LogP contribution in [0.3, 0.4) is 0 Å². The Morgan fingerprint density at radius 3 is 1.66 bits per heavy atom. The van der Waals surface area contributed by atoms with E-state index < -0.39 is 18.2 Å². The lowest BCUT2D eigenvalue weighted by Gasteiger charge is -2.26. The van der Waals surface area contributed by atoms with Crippen LogP contribution < -0.4 is 5.32 Å². The third-order valence-electron chi connectivity index (χ3n) is 5.71. The van der Waals surface area contributed by atoms with Crippen molar-refractivity contribution in [3.05, 3.63) is 0 Å². The molecule has 0 aromatic carbocycles. The molecular weight excluding hydrogens is 366 g/mol. The summed E-state index contributed by atoms with van der Waals surface area (Å²) in [5.41, 5.74) is 0. The van der Waals surface area contributed by atoms with E-state index in [1.165, 1.54) is 57.8 Å². The highest BCUT2D eigenvalue weighted by Gasteiger charge is 2.26. The molecule has 0 bridgehead atoms. The van der Waals surface area contributed by atoms with E-state index >= 15 is 0 Å². The van der Waals surface area contributed by atoms with Crippen molar-refractivity contribution in [2.45, 2.75) is 141 Å². The summed E-state index contributed by atoms with van der Waals surface area (Å²) in [6.07, 6.45) is 16.8. The van der Waals surface area contributed by atoms with Crippen LogP contribution in [0.4, 0.5) is 0 Å². The normalized spacial score (nSPS) is 14.5. The van der Waals surface area contributed by atoms with Crippen molar-refractivity contribution in [3.63, 3.8) is 0 Å². The molecule has 0 radical (unpaired) electrons. The Bertz CT molecular complexity index is 365. The zero-order valence-corrected chi connectivity index (χ0v) is 19.2. The first-order valence-corrected chi connectivity index (χ1v) is 12.3. The van der Waals surface area contributed by atoms with Gasteiger partial charge in [-0.15, -0.1) is 0 Å². The lowest BCUT2D eigenvalue weighted by molar-refractivity contribution is -0.124. The molecular formula is C24H49NO4. The van der Waals surface area contributed by atoms with Crippen LogP contribution in [-0.4, -0.2) is 46.1 Å². The second kappa shape index (κ2) is 20.6. The molecule has 29 heavy (non-hydrogen) atoms. The van der Waals surface area contributed by atoms with Crippen LogP contribution in [0.25, 0.3) is 0 Å². The molecule has 0 heterocycles. The standard InChI is InChI=1S/C24H49NO4/c1-3-5-7-8-9-10-11-12-13-14-15-17-18-22(27)24(29)21(20-26)25-23(28)19-16-6-4-2/h21-22,24,26-27,29H,3-20H2,1-2H3,(H,25,28)/t21-,22+,24-/m0/s1. The molecule has 174 valence electrons. The second-order valence-corrected chi connectivity index (χ2v) is 8.55. The summed E-state index contributed by atoms with van der Waals surface area (Å²) in [6.45, 7) is 3.96. The molecule has 0 aromatic heterocycles. The van der Waals surface area contributed by atoms with E-state index in [-0.39, 0.29) is 12.5 Å². The molecule has 0 spiro atoms. The smallest absolute Gasteiger partial charge is 0.220 e. The summed E-state index contributed by atoms with van der Waals surface area (Å²) in [6, 6.07) is -0.795. The average molecular weight is 416 g/mol. The number of unbranched alkanes of at least 4 members (excludes halogenated alkanes) is 13. The second-order valence-electron chi connectivity index (χ2n) is 8.55. The molecule has 5 heteroatoms. The highest BCUT2D eigenvalue weighted by Crippen LogP contribution is 2.14. The molecule has 0 saturated heterocycles. The highest BCUT2D eigenvalue weighted by molar-refractivity contribution is 5.76. The molecule has 0 aliphatic carbocycles. The Hall–Kier alpha value is -0.650. The van der Waals surface area contributed by atoms with Gasteiger partial charge in [0.15, 0.2) is 0 Å². The number of hydrogen-bond donors (Lipinski definition) is 4. The molecule has 0 fully saturated rings. The predicted molar refractivity (Wildman–Crippen MR) is 121 cm³/mol. The van der Waals surface area contributed by atoms with Crippen LogP contribution >= 0.6 is 0 Å². The van der Waals surface area contributed by atoms with Gasteiger partial charge in [0.05, 0.1) is 18.8 Å². The van der Waals surface area contributed by atoms with E-state index in [4.69, 9.17) is 0 Å². The third kappa shape index (κ3) is 16.8. The number of aliphatic hydroxyl groups is 3. The van der Waals surface area contributed by atoms with E-state index in [1.807, 2.05) is 0 Å². The van der Waals surface area contributed by atoms with Crippen molar-refractivity contribution >= 4 is 5.91 Å². The predicted octanol–water partition coefficient (Wildman–Crippen LogP) is 4.86. The zero-order valence-electron chi connectivity index (χ0n) is 19.2. The number of amides is 1. The fourth-order valence-electron chi connectivity index (χ4n) is 3.69. The van der Waals surface area contributed by atoms with Gasteiger partial charge in [0.2, 0.25) is 5.91 Å². The summed E-state index contributed by atoms with van der Waals surface area (Å²) in [4.78, 5) is 11.9. The third-order valence-corrected chi connectivity index (χ3v) is 5.71. The van der Waals surface area contributed by atoms with E-state index in [9.17, 15) is 20.1 Å². The van der Waals surface area contributed by atoms with Crippen molar-refractivity contribution in [1.82, 2.24) is 5.32 Å². The number of rotatable bonds is 21. The summed E-state index contributed by atoms with van der Waals surface area (Å²) in [5.74, 6) is -0.172. The lowest BCUT2D eigenvalue weighted by atomic mass is 9.99. The maximum absolute atomic E-state index is 11.9. The van der Waals surface area contributed by atoms with Crippen LogP contribution in [0.15, 0.2) is 0 Å². The maximum Gasteiger partial charge on any atom is 0.220 e. The first kappa shape index (κ1) is 28.4. The van der Waals surface area contributed by atoms with Crippen LogP contribution in [0, 0.1) is 0 Å². The van der Waals surface area contributed by atoms with Gasteiger partial charge in [-0.25, -0.2) is 0 Å². The lowest BCUT2D eigenvalue weighted by Crippen LogP contribution is -2.50. The topological polar surface area (TPSA) is 89.8 Å². The minimum Gasteiger partial charge on any atom is -0.394 e. The largest absolute Gasteiger partial charge is 0.394 e. The molecule has 1 amide bonds. The Morgan fingerprint density at radius 1 is 0.724 bits per heavy atom. The van der Waals surface area contributed by atoms with E-state index in [0.29, 0.717) is 12.8 Å². The number of carbonyl (C=O) groups is 1. The van der Waals surface area contributed by atoms with Gasteiger partial charge in [-0.2, -0.15) is 0 Å². The van der Waals surface area contributed by atoms with Gasteiger partial charge in [-0.3, -0.25) is 4.79 Å². The molecule has 0 aliphatic rings. The molecule has 0 saturated carbocycles. The monoisotopic (exact) mass is 415 g/mol. The van der Waals surface area contributed by atoms with Crippen LogP contribution in [0.2, 0.25) is 0 Å². The van der Waals surface area contributed by atoms with Gasteiger partial charge in [0.25, 0.3) is 0 Å². The quantitative estimate of drug-likeness (QED) is 0.202. The Kier molecular flexibility index (Phi) is 20.2. The van der Waals surface area contributed by atoms with Crippen LogP contribution in [0.1, 0.15) is 123 Å². The summed E-state index contributed by atoms with van der Waals surface area (Å²) in [7, 11) is 0. The molecule has 0 rings (SSSR count). The number of carbonyl (C=O) groups excluding carboxylic acids is 1. The Morgan fingerprint density at radius 2 is 1.17 bits per heavy atom. The maximum atomic E-state index is 11.9. The van der Waals surface area contributed by atoms with Crippen molar-refractivity contribution in [1.29, 1.82) is 0 Å². The van der Waals surface area contributed by atoms with Gasteiger partial charge >= 0.3 is 0 Å². The average Bonchev–Trinajstić information content (AvgIpc) is 2.72. The van der Waals surface area contributed by atoms with Gasteiger partial charge in [-0.05, 0) is 12.8 Å². The Balaban J connectivity index is 3.72. The molecule has 4 N–H and O–H groups in total. The van der Waals surface area contributed by atoms with Gasteiger partial charge in [0, 0.05) is 6.42 Å². The molecule has 0 aliphatic heterocycles. The first-order valence-electron chi connectivity index (χ1n) is 12.3. The van der Waals surface area contributed by atoms with Crippen molar-refractivity contribution in [3.8, 4) is 0 Å². The van der Waals surface area contributed by atoms with E-state index in [0.717, 1.165) is 38.5 Å². The minimum atomic E-state index is -1.12. The van der Waals surface area contributed by atoms with Crippen molar-refractivity contribution in [2.24, 2.45) is 0 Å². The minimum absolute atomic E-state index is 0.172. The van der Waals surface area contributed by atoms with Gasteiger partial charge in [-0.1, -0.05) is 104 Å². The Labute approximate surface area is 179 Å². The molecule has 0 aromatic rings. The van der Waals surface area contributed by atoms with E-state index in [2.05, 4.69) is 19.2 Å². The number of aliphatic hydroxyl groups excluding tert-OH is 3. The van der Waals surface area contributed by atoms with Gasteiger partial charge < -0.3 is 20.6 Å². The van der Waals surface area contributed by atoms with Gasteiger partial charge in [0.1, 0.15) is 6.10 Å². The molecule has 5 nitrogen and oxygen atoms in total. The molecule has 0 unspecified atom stereocenters. The first-order chi connectivity index (χ1) is 14.1. The van der Waals surface area contributed by atoms with Crippen molar-refractivity contribution < 1.29 is 20.1 Å². The summed E-state index contributed by atoms with van der Waals surface area (Å²) in [5, 5.41) is 32.6. The zero-order chi connectivity index (χ0) is 21.7. The number of nitrogens with one attached hydrogen (secondary N) is 1. The SMILES string of the molecule is CCCCCCCCCCCCCC[C@@H](O)[C@@H](O)[C@H](CO)NC(=O)CCCCC. The fourth-order valence-corrected chi connectivity index (χ4v) is 3.69. The summed E-state index contributed by atoms with van der Waals surface area (Å²) >= 11 is 0. The van der Waals surface area contributed by atoms with Crippen molar-refractivity contribution in [2.75, 3.05) is 6.61 Å². The van der Waals surface area contributed by atoms with Crippen LogP contribution in [-0.2, 0) is 4.79 Å². The summed E-state index contributed by atoms with van der Waals surface area (Å²) < 4.78 is 0. The van der Waals surface area contributed by atoms with Crippen LogP contribution in [0.5, 0.6) is 0 Å². The highest BCUT2D eigenvalue weighted by atomic mass is 16.3. The fraction of sp³-hybridized carbons (Fsp3) is 0.958.